The van der Waals surface area contributed by atoms with Crippen molar-refractivity contribution < 1.29 is 23.8 Å². The molecule has 0 aliphatic heterocycles. The molecule has 2 aromatic heterocycles. The minimum Gasteiger partial charge on any atom is -0.480 e. The Morgan fingerprint density at radius 2 is 1.97 bits per heavy atom. The number of pyridine rings is 2. The first-order valence-electron chi connectivity index (χ1n) is 12.3. The van der Waals surface area contributed by atoms with Crippen molar-refractivity contribution in [3.8, 4) is 0 Å². The highest BCUT2D eigenvalue weighted by atomic mass is 19.1. The molecule has 0 saturated heterocycles. The number of carbonyl (C=O) groups excluding carboxylic acids is 1. The standard InChI is InChI=1S/C26H32FN3O4/c27-21-16-28-15-20(17-8-9-17)24(21)25(31)30-23(26(32)33)12-14-34-13-4-3-6-19-11-10-18-5-1-2-7-22(18)29-19/h10-11,15-17,23H,1-9,12-14H2,(H,30,31)(H,32,33). The highest BCUT2D eigenvalue weighted by Gasteiger charge is 2.32. The molecular weight excluding hydrogens is 437 g/mol. The van der Waals surface area contributed by atoms with Crippen molar-refractivity contribution in [1.29, 1.82) is 0 Å². The molecule has 182 valence electrons. The quantitative estimate of drug-likeness (QED) is 0.456. The number of amides is 1. The Morgan fingerprint density at radius 3 is 2.76 bits per heavy atom. The normalized spacial score (nSPS) is 16.0. The number of nitrogens with one attached hydrogen (secondary N) is 1. The van der Waals surface area contributed by atoms with Gasteiger partial charge in [0.2, 0.25) is 0 Å². The Kier molecular flexibility index (Phi) is 8.21. The van der Waals surface area contributed by atoms with Crippen molar-refractivity contribution in [2.75, 3.05) is 13.2 Å². The molecule has 1 atom stereocenters. The molecule has 2 aliphatic carbocycles. The number of nitrogens with zero attached hydrogens (tertiary/aromatic N) is 2. The van der Waals surface area contributed by atoms with Crippen LogP contribution in [-0.4, -0.2) is 46.2 Å². The lowest BCUT2D eigenvalue weighted by Crippen LogP contribution is -2.42. The third kappa shape index (κ3) is 6.38. The molecule has 1 amide bonds. The zero-order valence-corrected chi connectivity index (χ0v) is 19.4. The third-order valence-electron chi connectivity index (χ3n) is 6.53. The van der Waals surface area contributed by atoms with Gasteiger partial charge in [0, 0.05) is 37.2 Å². The lowest BCUT2D eigenvalue weighted by atomic mass is 9.95. The molecule has 0 spiro atoms. The number of halogens is 1. The van der Waals surface area contributed by atoms with Gasteiger partial charge in [-0.1, -0.05) is 6.07 Å². The summed E-state index contributed by atoms with van der Waals surface area (Å²) in [5.74, 6) is -2.49. The van der Waals surface area contributed by atoms with Crippen molar-refractivity contribution in [2.24, 2.45) is 0 Å². The number of carboxylic acids is 1. The molecule has 2 aromatic rings. The summed E-state index contributed by atoms with van der Waals surface area (Å²) in [4.78, 5) is 32.9. The fourth-order valence-electron chi connectivity index (χ4n) is 4.46. The number of carboxylic acid groups (broad SMARTS) is 1. The Labute approximate surface area is 199 Å². The molecule has 8 heteroatoms. The van der Waals surface area contributed by atoms with E-state index in [0.717, 1.165) is 56.8 Å². The second kappa shape index (κ2) is 11.5. The molecule has 0 bridgehead atoms. The van der Waals surface area contributed by atoms with Crippen molar-refractivity contribution in [3.05, 3.63) is 58.4 Å². The van der Waals surface area contributed by atoms with Gasteiger partial charge in [0.05, 0.1) is 11.8 Å². The fraction of sp³-hybridized carbons (Fsp3) is 0.538. The maximum absolute atomic E-state index is 14.3. The Balaban J connectivity index is 1.18. The molecule has 0 radical (unpaired) electrons. The van der Waals surface area contributed by atoms with Gasteiger partial charge < -0.3 is 15.2 Å². The Hall–Kier alpha value is -2.87. The van der Waals surface area contributed by atoms with Crippen LogP contribution < -0.4 is 5.32 Å². The van der Waals surface area contributed by atoms with E-state index >= 15 is 0 Å². The van der Waals surface area contributed by atoms with Crippen molar-refractivity contribution in [1.82, 2.24) is 15.3 Å². The first kappa shape index (κ1) is 24.3. The van der Waals surface area contributed by atoms with E-state index in [1.165, 1.54) is 30.3 Å². The summed E-state index contributed by atoms with van der Waals surface area (Å²) in [6.45, 7) is 0.707. The monoisotopic (exact) mass is 469 g/mol. The van der Waals surface area contributed by atoms with Crippen LogP contribution in [0.1, 0.15) is 83.7 Å². The number of ether oxygens (including phenoxy) is 1. The van der Waals surface area contributed by atoms with E-state index in [1.807, 2.05) is 0 Å². The first-order valence-corrected chi connectivity index (χ1v) is 12.3. The number of hydrogen-bond acceptors (Lipinski definition) is 5. The third-order valence-corrected chi connectivity index (χ3v) is 6.53. The Bertz CT molecular complexity index is 1030. The number of rotatable bonds is 12. The van der Waals surface area contributed by atoms with Crippen LogP contribution in [0, 0.1) is 5.82 Å². The van der Waals surface area contributed by atoms with Crippen LogP contribution in [-0.2, 0) is 28.8 Å². The van der Waals surface area contributed by atoms with Gasteiger partial charge in [-0.25, -0.2) is 9.18 Å². The van der Waals surface area contributed by atoms with Crippen molar-refractivity contribution in [2.45, 2.75) is 76.2 Å². The molecule has 7 nitrogen and oxygen atoms in total. The number of aliphatic carboxylic acids is 1. The lowest BCUT2D eigenvalue weighted by molar-refractivity contribution is -0.139. The van der Waals surface area contributed by atoms with E-state index < -0.39 is 23.7 Å². The van der Waals surface area contributed by atoms with Gasteiger partial charge >= 0.3 is 5.97 Å². The summed E-state index contributed by atoms with van der Waals surface area (Å²) >= 11 is 0. The van der Waals surface area contributed by atoms with Gasteiger partial charge in [0.1, 0.15) is 6.04 Å². The van der Waals surface area contributed by atoms with Crippen LogP contribution in [0.5, 0.6) is 0 Å². The molecule has 2 aliphatic rings. The minimum atomic E-state index is -1.17. The van der Waals surface area contributed by atoms with Crippen LogP contribution >= 0.6 is 0 Å². The van der Waals surface area contributed by atoms with Gasteiger partial charge in [-0.3, -0.25) is 14.8 Å². The molecule has 1 saturated carbocycles. The Morgan fingerprint density at radius 1 is 1.15 bits per heavy atom. The minimum absolute atomic E-state index is 0.0968. The average molecular weight is 470 g/mol. The SMILES string of the molecule is O=C(NC(CCOCCCCc1ccc2c(n1)CCCC2)C(=O)O)c1c(F)cncc1C1CC1. The molecule has 4 rings (SSSR count). The van der Waals surface area contributed by atoms with Crippen LogP contribution in [0.15, 0.2) is 24.5 Å². The summed E-state index contributed by atoms with van der Waals surface area (Å²) in [7, 11) is 0. The van der Waals surface area contributed by atoms with Gasteiger partial charge in [0.25, 0.3) is 5.91 Å². The molecule has 34 heavy (non-hydrogen) atoms. The van der Waals surface area contributed by atoms with E-state index in [1.54, 1.807) is 0 Å². The number of aromatic nitrogens is 2. The molecule has 2 heterocycles. The summed E-state index contributed by atoms with van der Waals surface area (Å²) in [6, 6.07) is 3.18. The predicted molar refractivity (Wildman–Crippen MR) is 124 cm³/mol. The molecule has 2 N–H and O–H groups in total. The molecule has 1 unspecified atom stereocenters. The summed E-state index contributed by atoms with van der Waals surface area (Å²) in [5.41, 5.74) is 4.20. The van der Waals surface area contributed by atoms with Gasteiger partial charge in [0.15, 0.2) is 5.82 Å². The van der Waals surface area contributed by atoms with Crippen molar-refractivity contribution >= 4 is 11.9 Å². The average Bonchev–Trinajstić information content (AvgIpc) is 3.67. The predicted octanol–water partition coefficient (Wildman–Crippen LogP) is 3.98. The second-order valence-electron chi connectivity index (χ2n) is 9.20. The smallest absolute Gasteiger partial charge is 0.326 e. The molecular formula is C26H32FN3O4. The van der Waals surface area contributed by atoms with Crippen LogP contribution in [0.3, 0.4) is 0 Å². The summed E-state index contributed by atoms with van der Waals surface area (Å²) in [6.07, 6.45) is 11.7. The second-order valence-corrected chi connectivity index (χ2v) is 9.20. The van der Waals surface area contributed by atoms with Gasteiger partial charge in [-0.15, -0.1) is 0 Å². The fourth-order valence-corrected chi connectivity index (χ4v) is 4.46. The van der Waals surface area contributed by atoms with Gasteiger partial charge in [-0.2, -0.15) is 0 Å². The maximum Gasteiger partial charge on any atom is 0.326 e. The van der Waals surface area contributed by atoms with Crippen LogP contribution in [0.25, 0.3) is 0 Å². The number of carbonyl (C=O) groups is 2. The lowest BCUT2D eigenvalue weighted by Gasteiger charge is -2.16. The van der Waals surface area contributed by atoms with E-state index in [0.29, 0.717) is 12.2 Å². The summed E-state index contributed by atoms with van der Waals surface area (Å²) < 4.78 is 19.9. The topological polar surface area (TPSA) is 101 Å². The van der Waals surface area contributed by atoms with Crippen LogP contribution in [0.4, 0.5) is 4.39 Å². The van der Waals surface area contributed by atoms with Gasteiger partial charge in [-0.05, 0) is 80.9 Å². The zero-order valence-electron chi connectivity index (χ0n) is 19.4. The first-order chi connectivity index (χ1) is 16.5. The largest absolute Gasteiger partial charge is 0.480 e. The number of unbranched alkanes of at least 4 members (excludes halogenated alkanes) is 1. The number of fused-ring (bicyclic) bond motifs is 1. The molecule has 1 fully saturated rings. The number of hydrogen-bond donors (Lipinski definition) is 2. The van der Waals surface area contributed by atoms with E-state index in [2.05, 4.69) is 22.4 Å². The van der Waals surface area contributed by atoms with Crippen LogP contribution in [0.2, 0.25) is 0 Å². The highest BCUT2D eigenvalue weighted by Crippen LogP contribution is 2.41. The zero-order chi connectivity index (χ0) is 23.9. The van der Waals surface area contributed by atoms with Crippen molar-refractivity contribution in [3.63, 3.8) is 0 Å². The highest BCUT2D eigenvalue weighted by molar-refractivity contribution is 5.98. The van der Waals surface area contributed by atoms with E-state index in [9.17, 15) is 19.1 Å². The van der Waals surface area contributed by atoms with E-state index in [-0.39, 0.29) is 24.5 Å². The maximum atomic E-state index is 14.3. The summed E-state index contributed by atoms with van der Waals surface area (Å²) in [5, 5.41) is 11.9. The number of aryl methyl sites for hydroxylation is 3. The molecule has 0 aromatic carbocycles. The van der Waals surface area contributed by atoms with E-state index in [4.69, 9.17) is 9.72 Å².